The number of halogens is 2. The Morgan fingerprint density at radius 1 is 1.29 bits per heavy atom. The third-order valence-corrected chi connectivity index (χ3v) is 1.95. The van der Waals surface area contributed by atoms with E-state index in [0.29, 0.717) is 5.82 Å². The van der Waals surface area contributed by atoms with E-state index in [2.05, 4.69) is 20.6 Å². The fraction of sp³-hybridized carbons (Fsp3) is 0.600. The first kappa shape index (κ1) is 13.6. The van der Waals surface area contributed by atoms with Gasteiger partial charge in [0.1, 0.15) is 18.2 Å². The number of aliphatic hydroxyl groups is 1. The molecule has 0 bridgehead atoms. The highest BCUT2D eigenvalue weighted by atomic mass is 19.3. The summed E-state index contributed by atoms with van der Waals surface area (Å²) in [6.07, 6.45) is 3.80. The first-order chi connectivity index (χ1) is 8.07. The van der Waals surface area contributed by atoms with Gasteiger partial charge < -0.3 is 15.7 Å². The molecule has 0 radical (unpaired) electrons. The first-order valence-corrected chi connectivity index (χ1v) is 5.36. The Morgan fingerprint density at radius 2 is 1.94 bits per heavy atom. The number of hydrogen-bond donors (Lipinski definition) is 3. The minimum Gasteiger partial charge on any atom is -0.390 e. The standard InChI is InChI=1S/C10H16F2N4O/c1-2-3-14-8-4-13-5-9(16-8)15-6-10(11,12)7-17/h4-5,17H,2-3,6-7H2,1H3,(H2,14,15,16). The van der Waals surface area contributed by atoms with Crippen LogP contribution in [0.25, 0.3) is 0 Å². The fourth-order valence-electron chi connectivity index (χ4n) is 1.07. The second-order valence-corrected chi connectivity index (χ2v) is 3.58. The van der Waals surface area contributed by atoms with E-state index in [1.807, 2.05) is 6.92 Å². The molecule has 0 unspecified atom stereocenters. The highest BCUT2D eigenvalue weighted by molar-refractivity contribution is 5.41. The SMILES string of the molecule is CCCNc1cncc(NCC(F)(F)CO)n1. The molecule has 96 valence electrons. The Kier molecular flexibility index (Phi) is 5.02. The predicted octanol–water partition coefficient (Wildman–Crippen LogP) is 1.34. The average molecular weight is 246 g/mol. The lowest BCUT2D eigenvalue weighted by molar-refractivity contribution is -0.0373. The highest BCUT2D eigenvalue weighted by Gasteiger charge is 2.27. The van der Waals surface area contributed by atoms with E-state index in [1.165, 1.54) is 12.4 Å². The number of hydrogen-bond acceptors (Lipinski definition) is 5. The van der Waals surface area contributed by atoms with Crippen LogP contribution >= 0.6 is 0 Å². The second-order valence-electron chi connectivity index (χ2n) is 3.58. The lowest BCUT2D eigenvalue weighted by Gasteiger charge is -2.14. The summed E-state index contributed by atoms with van der Waals surface area (Å²) in [4.78, 5) is 7.92. The van der Waals surface area contributed by atoms with E-state index < -0.39 is 19.1 Å². The topological polar surface area (TPSA) is 70.1 Å². The summed E-state index contributed by atoms with van der Waals surface area (Å²) in [6.45, 7) is 0.881. The molecule has 0 aliphatic rings. The van der Waals surface area contributed by atoms with Gasteiger partial charge in [0.25, 0.3) is 5.92 Å². The quantitative estimate of drug-likeness (QED) is 0.677. The molecule has 1 rings (SSSR count). The van der Waals surface area contributed by atoms with E-state index in [1.54, 1.807) is 0 Å². The molecule has 1 aromatic heterocycles. The van der Waals surface area contributed by atoms with Crippen LogP contribution in [0.3, 0.4) is 0 Å². The van der Waals surface area contributed by atoms with E-state index in [9.17, 15) is 8.78 Å². The number of aliphatic hydroxyl groups excluding tert-OH is 1. The highest BCUT2D eigenvalue weighted by Crippen LogP contribution is 2.13. The number of rotatable bonds is 7. The van der Waals surface area contributed by atoms with Crippen LogP contribution in [0.2, 0.25) is 0 Å². The van der Waals surface area contributed by atoms with Crippen LogP contribution in [0.5, 0.6) is 0 Å². The maximum atomic E-state index is 12.8. The average Bonchev–Trinajstić information content (AvgIpc) is 2.35. The lowest BCUT2D eigenvalue weighted by Crippen LogP contribution is -2.31. The molecule has 3 N–H and O–H groups in total. The van der Waals surface area contributed by atoms with E-state index >= 15 is 0 Å². The van der Waals surface area contributed by atoms with Crippen LogP contribution < -0.4 is 10.6 Å². The maximum absolute atomic E-state index is 12.8. The molecule has 7 heteroatoms. The molecule has 17 heavy (non-hydrogen) atoms. The number of anilines is 2. The second kappa shape index (κ2) is 6.29. The van der Waals surface area contributed by atoms with Crippen molar-refractivity contribution in [1.29, 1.82) is 0 Å². The van der Waals surface area contributed by atoms with Crippen molar-refractivity contribution in [2.24, 2.45) is 0 Å². The van der Waals surface area contributed by atoms with Gasteiger partial charge >= 0.3 is 0 Å². The first-order valence-electron chi connectivity index (χ1n) is 5.36. The van der Waals surface area contributed by atoms with Crippen molar-refractivity contribution in [3.8, 4) is 0 Å². The van der Waals surface area contributed by atoms with Crippen LogP contribution in [0, 0.1) is 0 Å². The summed E-state index contributed by atoms with van der Waals surface area (Å²) in [5.74, 6) is -2.38. The molecule has 0 spiro atoms. The summed E-state index contributed by atoms with van der Waals surface area (Å²) in [6, 6.07) is 0. The van der Waals surface area contributed by atoms with Crippen molar-refractivity contribution >= 4 is 11.6 Å². The van der Waals surface area contributed by atoms with E-state index in [-0.39, 0.29) is 5.82 Å². The van der Waals surface area contributed by atoms with Crippen molar-refractivity contribution in [1.82, 2.24) is 9.97 Å². The van der Waals surface area contributed by atoms with Gasteiger partial charge in [-0.05, 0) is 6.42 Å². The molecule has 1 heterocycles. The predicted molar refractivity (Wildman–Crippen MR) is 61.3 cm³/mol. The maximum Gasteiger partial charge on any atom is 0.287 e. The van der Waals surface area contributed by atoms with Gasteiger partial charge in [0.05, 0.1) is 18.9 Å². The molecule has 0 fully saturated rings. The normalized spacial score (nSPS) is 11.3. The van der Waals surface area contributed by atoms with Crippen LogP contribution in [0.15, 0.2) is 12.4 Å². The van der Waals surface area contributed by atoms with Gasteiger partial charge in [-0.25, -0.2) is 13.8 Å². The summed E-state index contributed by atoms with van der Waals surface area (Å²) in [5.41, 5.74) is 0. The van der Waals surface area contributed by atoms with Gasteiger partial charge in [0.15, 0.2) is 0 Å². The Bertz CT molecular complexity index is 349. The zero-order valence-electron chi connectivity index (χ0n) is 9.58. The summed E-state index contributed by atoms with van der Waals surface area (Å²) >= 11 is 0. The molecule has 5 nitrogen and oxygen atoms in total. The van der Waals surface area contributed by atoms with Gasteiger partial charge in [-0.2, -0.15) is 0 Å². The zero-order valence-corrected chi connectivity index (χ0v) is 9.58. The Morgan fingerprint density at radius 3 is 2.53 bits per heavy atom. The number of alkyl halides is 2. The van der Waals surface area contributed by atoms with Crippen molar-refractivity contribution in [3.63, 3.8) is 0 Å². The molecule has 0 aromatic carbocycles. The van der Waals surface area contributed by atoms with Crippen LogP contribution in [0.1, 0.15) is 13.3 Å². The Balaban J connectivity index is 2.53. The minimum atomic E-state index is -3.16. The van der Waals surface area contributed by atoms with Crippen LogP contribution in [-0.2, 0) is 0 Å². The molecule has 0 atom stereocenters. The smallest absolute Gasteiger partial charge is 0.287 e. The van der Waals surface area contributed by atoms with Gasteiger partial charge in [-0.1, -0.05) is 6.92 Å². The third-order valence-electron chi connectivity index (χ3n) is 1.95. The molecule has 0 saturated carbocycles. The lowest BCUT2D eigenvalue weighted by atomic mass is 10.3. The molecular weight excluding hydrogens is 230 g/mol. The molecule has 0 amide bonds. The molecule has 1 aromatic rings. The number of nitrogens with zero attached hydrogens (tertiary/aromatic N) is 2. The summed E-state index contributed by atoms with van der Waals surface area (Å²) in [7, 11) is 0. The minimum absolute atomic E-state index is 0.249. The van der Waals surface area contributed by atoms with Crippen LogP contribution in [0.4, 0.5) is 20.4 Å². The summed E-state index contributed by atoms with van der Waals surface area (Å²) < 4.78 is 25.5. The van der Waals surface area contributed by atoms with Gasteiger partial charge in [-0.15, -0.1) is 0 Å². The fourth-order valence-corrected chi connectivity index (χ4v) is 1.07. The van der Waals surface area contributed by atoms with Crippen LogP contribution in [-0.4, -0.2) is 40.7 Å². The molecule has 0 saturated heterocycles. The molecule has 0 aliphatic heterocycles. The van der Waals surface area contributed by atoms with Gasteiger partial charge in [0, 0.05) is 6.54 Å². The number of aromatic nitrogens is 2. The largest absolute Gasteiger partial charge is 0.390 e. The zero-order chi connectivity index (χ0) is 12.7. The van der Waals surface area contributed by atoms with Crippen molar-refractivity contribution in [2.75, 3.05) is 30.3 Å². The third kappa shape index (κ3) is 4.90. The van der Waals surface area contributed by atoms with Gasteiger partial charge in [0.2, 0.25) is 0 Å². The van der Waals surface area contributed by atoms with Gasteiger partial charge in [-0.3, -0.25) is 4.98 Å². The van der Waals surface area contributed by atoms with E-state index in [0.717, 1.165) is 13.0 Å². The van der Waals surface area contributed by atoms with Crippen molar-refractivity contribution < 1.29 is 13.9 Å². The summed E-state index contributed by atoms with van der Waals surface area (Å²) in [5, 5.41) is 13.8. The monoisotopic (exact) mass is 246 g/mol. The Hall–Kier alpha value is -1.50. The molecule has 0 aliphatic carbocycles. The molecular formula is C10H16F2N4O. The van der Waals surface area contributed by atoms with Crippen molar-refractivity contribution in [3.05, 3.63) is 12.4 Å². The van der Waals surface area contributed by atoms with Crippen molar-refractivity contribution in [2.45, 2.75) is 19.3 Å². The Labute approximate surface area is 98.3 Å². The van der Waals surface area contributed by atoms with E-state index in [4.69, 9.17) is 5.11 Å². The number of nitrogens with one attached hydrogen (secondary N) is 2.